The lowest BCUT2D eigenvalue weighted by Crippen LogP contribution is -2.10. The Labute approximate surface area is 80.2 Å². The number of hydrogen-bond donors (Lipinski definition) is 1. The smallest absolute Gasteiger partial charge is 0.249 e. The van der Waals surface area contributed by atoms with E-state index in [0.29, 0.717) is 10.8 Å². The summed E-state index contributed by atoms with van der Waals surface area (Å²) in [6.07, 6.45) is 0. The summed E-state index contributed by atoms with van der Waals surface area (Å²) in [6, 6.07) is 5.09. The first-order chi connectivity index (χ1) is 6.16. The van der Waals surface area contributed by atoms with Crippen LogP contribution in [0.2, 0.25) is 5.15 Å². The molecule has 0 atom stereocenters. The van der Waals surface area contributed by atoms with E-state index in [1.165, 1.54) is 6.07 Å². The summed E-state index contributed by atoms with van der Waals surface area (Å²) >= 11 is 5.81. The molecule has 0 aliphatic carbocycles. The third kappa shape index (κ3) is 1.45. The SMILES string of the molecule is Bc1cc2ccc(=O)[nH]c2nc1Cl. The van der Waals surface area contributed by atoms with Gasteiger partial charge in [0, 0.05) is 11.5 Å². The van der Waals surface area contributed by atoms with Gasteiger partial charge in [0.05, 0.1) is 0 Å². The van der Waals surface area contributed by atoms with Crippen LogP contribution in [0.3, 0.4) is 0 Å². The topological polar surface area (TPSA) is 45.8 Å². The minimum absolute atomic E-state index is 0.167. The van der Waals surface area contributed by atoms with Crippen LogP contribution >= 0.6 is 11.6 Å². The van der Waals surface area contributed by atoms with E-state index in [0.717, 1.165) is 10.8 Å². The van der Waals surface area contributed by atoms with E-state index < -0.39 is 0 Å². The second-order valence-electron chi connectivity index (χ2n) is 2.86. The number of rotatable bonds is 0. The van der Waals surface area contributed by atoms with Crippen molar-refractivity contribution < 1.29 is 0 Å². The number of aromatic nitrogens is 2. The summed E-state index contributed by atoms with van der Waals surface area (Å²) in [5.74, 6) is 0. The average molecular weight is 192 g/mol. The van der Waals surface area contributed by atoms with Crippen LogP contribution in [0.5, 0.6) is 0 Å². The molecule has 2 rings (SSSR count). The molecule has 2 aromatic rings. The maximum absolute atomic E-state index is 10.9. The molecule has 0 saturated heterocycles. The predicted octanol–water partition coefficient (Wildman–Crippen LogP) is -0.165. The summed E-state index contributed by atoms with van der Waals surface area (Å²) in [4.78, 5) is 17.6. The van der Waals surface area contributed by atoms with Crippen LogP contribution in [0, 0.1) is 0 Å². The van der Waals surface area contributed by atoms with Gasteiger partial charge in [-0.1, -0.05) is 23.1 Å². The van der Waals surface area contributed by atoms with Crippen molar-refractivity contribution in [1.82, 2.24) is 9.97 Å². The van der Waals surface area contributed by atoms with Gasteiger partial charge in [0.25, 0.3) is 0 Å². The van der Waals surface area contributed by atoms with Crippen LogP contribution in [0.15, 0.2) is 23.0 Å². The molecule has 0 radical (unpaired) electrons. The molecule has 0 fully saturated rings. The Kier molecular flexibility index (Phi) is 1.85. The van der Waals surface area contributed by atoms with Crippen LogP contribution in [0.25, 0.3) is 11.0 Å². The van der Waals surface area contributed by atoms with Gasteiger partial charge in [-0.15, -0.1) is 0 Å². The molecule has 2 heterocycles. The Bertz CT molecular complexity index is 523. The zero-order valence-corrected chi connectivity index (χ0v) is 7.72. The summed E-state index contributed by atoms with van der Waals surface area (Å²) < 4.78 is 0. The van der Waals surface area contributed by atoms with Crippen molar-refractivity contribution in [3.8, 4) is 0 Å². The van der Waals surface area contributed by atoms with Crippen LogP contribution in [0.4, 0.5) is 0 Å². The van der Waals surface area contributed by atoms with Crippen molar-refractivity contribution in [3.63, 3.8) is 0 Å². The van der Waals surface area contributed by atoms with Gasteiger partial charge in [-0.25, -0.2) is 4.98 Å². The Morgan fingerprint density at radius 2 is 2.23 bits per heavy atom. The molecule has 0 unspecified atom stereocenters. The first-order valence-corrected chi connectivity index (χ1v) is 4.21. The minimum Gasteiger partial charge on any atom is -0.307 e. The molecule has 0 aromatic carbocycles. The molecule has 0 spiro atoms. The maximum Gasteiger partial charge on any atom is 0.249 e. The van der Waals surface area contributed by atoms with Crippen molar-refractivity contribution in [2.45, 2.75) is 0 Å². The van der Waals surface area contributed by atoms with E-state index in [1.54, 1.807) is 6.07 Å². The fraction of sp³-hybridized carbons (Fsp3) is 0. The fourth-order valence-electron chi connectivity index (χ4n) is 1.16. The molecule has 13 heavy (non-hydrogen) atoms. The lowest BCUT2D eigenvalue weighted by Gasteiger charge is -1.99. The Balaban J connectivity index is 2.89. The molecule has 64 valence electrons. The summed E-state index contributed by atoms with van der Waals surface area (Å²) in [6.45, 7) is 0. The molecule has 1 N–H and O–H groups in total. The number of aromatic amines is 1. The van der Waals surface area contributed by atoms with E-state index >= 15 is 0 Å². The van der Waals surface area contributed by atoms with Gasteiger partial charge in [0.2, 0.25) is 5.56 Å². The monoisotopic (exact) mass is 192 g/mol. The van der Waals surface area contributed by atoms with E-state index in [9.17, 15) is 4.79 Å². The predicted molar refractivity (Wildman–Crippen MR) is 55.6 cm³/mol. The Morgan fingerprint density at radius 1 is 1.46 bits per heavy atom. The number of pyridine rings is 2. The van der Waals surface area contributed by atoms with Gasteiger partial charge >= 0.3 is 0 Å². The summed E-state index contributed by atoms with van der Waals surface area (Å²) in [7, 11) is 1.87. The summed E-state index contributed by atoms with van der Waals surface area (Å²) in [5.41, 5.74) is 1.27. The molecule has 3 nitrogen and oxygen atoms in total. The highest BCUT2D eigenvalue weighted by Crippen LogP contribution is 2.08. The molecule has 0 amide bonds. The van der Waals surface area contributed by atoms with Crippen LogP contribution in [-0.2, 0) is 0 Å². The Hall–Kier alpha value is -1.29. The van der Waals surface area contributed by atoms with Gasteiger partial charge < -0.3 is 4.98 Å². The van der Waals surface area contributed by atoms with Gasteiger partial charge in [-0.05, 0) is 6.07 Å². The molecular weight excluding hydrogens is 186 g/mol. The van der Waals surface area contributed by atoms with Crippen LogP contribution < -0.4 is 11.0 Å². The number of H-pyrrole nitrogens is 1. The molecular formula is C8H6BClN2O. The normalized spacial score (nSPS) is 10.5. The van der Waals surface area contributed by atoms with Crippen LogP contribution in [-0.4, -0.2) is 17.8 Å². The van der Waals surface area contributed by atoms with Crippen molar-refractivity contribution in [3.05, 3.63) is 33.7 Å². The fourth-order valence-corrected chi connectivity index (χ4v) is 1.30. The third-order valence-corrected chi connectivity index (χ3v) is 2.22. The van der Waals surface area contributed by atoms with E-state index in [1.807, 2.05) is 13.9 Å². The maximum atomic E-state index is 10.9. The van der Waals surface area contributed by atoms with Crippen molar-refractivity contribution in [2.24, 2.45) is 0 Å². The lowest BCUT2D eigenvalue weighted by atomic mass is 9.97. The van der Waals surface area contributed by atoms with Gasteiger partial charge in [0.1, 0.15) is 18.6 Å². The zero-order valence-electron chi connectivity index (χ0n) is 6.97. The molecule has 0 aliphatic rings. The highest BCUT2D eigenvalue weighted by Gasteiger charge is 2.00. The number of nitrogens with one attached hydrogen (secondary N) is 1. The number of nitrogens with zero attached hydrogens (tertiary/aromatic N) is 1. The largest absolute Gasteiger partial charge is 0.307 e. The van der Waals surface area contributed by atoms with Crippen molar-refractivity contribution in [1.29, 1.82) is 0 Å². The van der Waals surface area contributed by atoms with E-state index in [-0.39, 0.29) is 5.56 Å². The second-order valence-corrected chi connectivity index (χ2v) is 3.21. The third-order valence-electron chi connectivity index (χ3n) is 1.84. The highest BCUT2D eigenvalue weighted by atomic mass is 35.5. The average Bonchev–Trinajstić information content (AvgIpc) is 2.08. The first kappa shape index (κ1) is 8.32. The molecule has 2 aromatic heterocycles. The van der Waals surface area contributed by atoms with Gasteiger partial charge in [-0.3, -0.25) is 4.79 Å². The summed E-state index contributed by atoms with van der Waals surface area (Å²) in [5, 5.41) is 1.32. The zero-order chi connectivity index (χ0) is 9.42. The second kappa shape index (κ2) is 2.89. The number of fused-ring (bicyclic) bond motifs is 1. The standard InChI is InChI=1S/C8H6BClN2O/c9-5-3-4-1-2-6(13)11-8(4)12-7(5)10/h1-3H,9H2,(H,11,12,13). The van der Waals surface area contributed by atoms with Gasteiger partial charge in [-0.2, -0.15) is 0 Å². The minimum atomic E-state index is -0.167. The number of halogens is 1. The van der Waals surface area contributed by atoms with Crippen LogP contribution in [0.1, 0.15) is 0 Å². The molecule has 0 bridgehead atoms. The number of hydrogen-bond acceptors (Lipinski definition) is 2. The van der Waals surface area contributed by atoms with Gasteiger partial charge in [0.15, 0.2) is 0 Å². The quantitative estimate of drug-likeness (QED) is 0.465. The van der Waals surface area contributed by atoms with E-state index in [2.05, 4.69) is 9.97 Å². The van der Waals surface area contributed by atoms with Crippen molar-refractivity contribution in [2.75, 3.05) is 0 Å². The first-order valence-electron chi connectivity index (χ1n) is 3.83. The van der Waals surface area contributed by atoms with Crippen molar-refractivity contribution >= 4 is 35.9 Å². The van der Waals surface area contributed by atoms with E-state index in [4.69, 9.17) is 11.6 Å². The highest BCUT2D eigenvalue weighted by molar-refractivity contribution is 6.44. The molecule has 0 aliphatic heterocycles. The molecule has 0 saturated carbocycles. The molecule has 5 heteroatoms. The Morgan fingerprint density at radius 3 is 3.00 bits per heavy atom. The lowest BCUT2D eigenvalue weighted by molar-refractivity contribution is 1.24.